The number of Topliss-reactive ketones (excluding diaryl/α,β-unsaturated/α-hetero) is 1. The van der Waals surface area contributed by atoms with Crippen LogP contribution in [0.4, 0.5) is 5.69 Å². The Kier molecular flexibility index (Phi) is 4.35. The Bertz CT molecular complexity index is 902. The number of hydrogen-bond donors (Lipinski definition) is 0. The van der Waals surface area contributed by atoms with Gasteiger partial charge in [-0.15, -0.1) is 11.8 Å². The van der Waals surface area contributed by atoms with Crippen molar-refractivity contribution in [2.75, 3.05) is 31.3 Å². The number of thioether (sulfide) groups is 1. The molecule has 0 unspecified atom stereocenters. The highest BCUT2D eigenvalue weighted by Gasteiger charge is 2.45. The minimum Gasteiger partial charge on any atom is -0.378 e. The van der Waals surface area contributed by atoms with E-state index in [1.807, 2.05) is 14.1 Å². The van der Waals surface area contributed by atoms with Crippen LogP contribution in [0.3, 0.4) is 0 Å². The first-order valence-electron chi connectivity index (χ1n) is 9.40. The van der Waals surface area contributed by atoms with Crippen LogP contribution in [0.1, 0.15) is 38.2 Å². The maximum absolute atomic E-state index is 13.2. The number of rotatable bonds is 2. The Hall–Kier alpha value is -2.19. The molecule has 4 rings (SSSR count). The molecule has 140 valence electrons. The molecule has 1 aromatic rings. The molecule has 0 amide bonds. The average Bonchev–Trinajstić information content (AvgIpc) is 3.09. The molecule has 1 fully saturated rings. The summed E-state index contributed by atoms with van der Waals surface area (Å²) in [6.45, 7) is 5.23. The van der Waals surface area contributed by atoms with Crippen LogP contribution in [0.2, 0.25) is 0 Å². The Balaban J connectivity index is 1.89. The van der Waals surface area contributed by atoms with Gasteiger partial charge in [0.15, 0.2) is 5.78 Å². The third-order valence-corrected chi connectivity index (χ3v) is 6.79. The minimum absolute atomic E-state index is 0.0300. The van der Waals surface area contributed by atoms with Gasteiger partial charge in [-0.05, 0) is 29.5 Å². The van der Waals surface area contributed by atoms with E-state index in [2.05, 4.69) is 54.0 Å². The largest absolute Gasteiger partial charge is 0.378 e. The van der Waals surface area contributed by atoms with E-state index in [4.69, 9.17) is 0 Å². The van der Waals surface area contributed by atoms with Crippen LogP contribution < -0.4 is 4.90 Å². The summed E-state index contributed by atoms with van der Waals surface area (Å²) < 4.78 is 0. The Labute approximate surface area is 165 Å². The number of fused-ring (bicyclic) bond motifs is 2. The number of carbonyl (C=O) groups excluding carboxylic acids is 1. The summed E-state index contributed by atoms with van der Waals surface area (Å²) in [4.78, 5) is 17.5. The number of anilines is 1. The molecule has 27 heavy (non-hydrogen) atoms. The maximum Gasteiger partial charge on any atom is 0.162 e. The monoisotopic (exact) mass is 379 g/mol. The summed E-state index contributed by atoms with van der Waals surface area (Å²) in [7, 11) is 4.03. The highest BCUT2D eigenvalue weighted by atomic mass is 32.2. The second-order valence-electron chi connectivity index (χ2n) is 8.55. The summed E-state index contributed by atoms with van der Waals surface area (Å²) in [5.41, 5.74) is 4.87. The van der Waals surface area contributed by atoms with Crippen molar-refractivity contribution in [3.8, 4) is 6.07 Å². The van der Waals surface area contributed by atoms with E-state index in [0.717, 1.165) is 51.8 Å². The molecule has 0 saturated carbocycles. The normalized spacial score (nSPS) is 23.9. The maximum atomic E-state index is 13.2. The number of allylic oxidation sites excluding steroid dienone is 3. The molecule has 1 saturated heterocycles. The van der Waals surface area contributed by atoms with Gasteiger partial charge in [0.2, 0.25) is 0 Å². The summed E-state index contributed by atoms with van der Waals surface area (Å²) >= 11 is 1.75. The van der Waals surface area contributed by atoms with Gasteiger partial charge >= 0.3 is 0 Å². The molecule has 1 atom stereocenters. The van der Waals surface area contributed by atoms with Crippen molar-refractivity contribution in [3.05, 3.63) is 51.7 Å². The molecule has 5 heteroatoms. The van der Waals surface area contributed by atoms with Gasteiger partial charge in [0.05, 0.1) is 22.6 Å². The molecule has 0 radical (unpaired) electrons. The van der Waals surface area contributed by atoms with Gasteiger partial charge in [-0.25, -0.2) is 0 Å². The van der Waals surface area contributed by atoms with Crippen molar-refractivity contribution in [1.82, 2.24) is 4.90 Å². The molecule has 2 heterocycles. The van der Waals surface area contributed by atoms with Gasteiger partial charge in [0.25, 0.3) is 0 Å². The number of benzene rings is 1. The van der Waals surface area contributed by atoms with Gasteiger partial charge in [0, 0.05) is 49.8 Å². The summed E-state index contributed by atoms with van der Waals surface area (Å²) in [5.74, 6) is 0.936. The molecule has 2 aliphatic heterocycles. The van der Waals surface area contributed by atoms with Crippen molar-refractivity contribution >= 4 is 23.2 Å². The predicted molar refractivity (Wildman–Crippen MR) is 110 cm³/mol. The fourth-order valence-corrected chi connectivity index (χ4v) is 5.59. The van der Waals surface area contributed by atoms with E-state index in [9.17, 15) is 10.1 Å². The van der Waals surface area contributed by atoms with E-state index < -0.39 is 0 Å². The summed E-state index contributed by atoms with van der Waals surface area (Å²) in [5, 5.41) is 11.1. The lowest BCUT2D eigenvalue weighted by Gasteiger charge is -2.42. The topological polar surface area (TPSA) is 47.3 Å². The van der Waals surface area contributed by atoms with Gasteiger partial charge < -0.3 is 9.80 Å². The van der Waals surface area contributed by atoms with Crippen LogP contribution in [0.5, 0.6) is 0 Å². The zero-order valence-corrected chi connectivity index (χ0v) is 17.2. The number of ketones is 1. The lowest BCUT2D eigenvalue weighted by Crippen LogP contribution is -2.38. The van der Waals surface area contributed by atoms with Crippen molar-refractivity contribution in [2.45, 2.75) is 32.6 Å². The number of nitriles is 1. The molecule has 1 aromatic carbocycles. The lowest BCUT2D eigenvalue weighted by atomic mass is 9.69. The number of nitrogens with zero attached hydrogens (tertiary/aromatic N) is 3. The van der Waals surface area contributed by atoms with E-state index >= 15 is 0 Å². The highest BCUT2D eigenvalue weighted by molar-refractivity contribution is 8.03. The summed E-state index contributed by atoms with van der Waals surface area (Å²) in [6.07, 6.45) is 1.44. The quantitative estimate of drug-likeness (QED) is 0.768. The molecule has 0 bridgehead atoms. The molecule has 3 aliphatic rings. The molecule has 0 spiro atoms. The standard InChI is InChI=1S/C22H25N3OS/c1-22(2)11-17-20(18(26)12-22)19(14-5-7-15(8-6-14)24(3)4)16(13-23)21-25(17)9-10-27-21/h5-8,19H,9-12H2,1-4H3/t19-/m1/s1. The molecule has 0 N–H and O–H groups in total. The molecule has 1 aliphatic carbocycles. The minimum atomic E-state index is -0.235. The smallest absolute Gasteiger partial charge is 0.162 e. The van der Waals surface area contributed by atoms with Crippen LogP contribution in [-0.2, 0) is 4.79 Å². The Morgan fingerprint density at radius 2 is 1.93 bits per heavy atom. The predicted octanol–water partition coefficient (Wildman–Crippen LogP) is 4.28. The Morgan fingerprint density at radius 3 is 2.56 bits per heavy atom. The van der Waals surface area contributed by atoms with Crippen LogP contribution in [-0.4, -0.2) is 37.1 Å². The summed E-state index contributed by atoms with van der Waals surface area (Å²) in [6, 6.07) is 10.7. The van der Waals surface area contributed by atoms with Gasteiger partial charge in [-0.2, -0.15) is 5.26 Å². The van der Waals surface area contributed by atoms with E-state index in [0.29, 0.717) is 6.42 Å². The van der Waals surface area contributed by atoms with E-state index in [1.54, 1.807) is 11.8 Å². The number of hydrogen-bond acceptors (Lipinski definition) is 5. The van der Waals surface area contributed by atoms with Crippen LogP contribution in [0, 0.1) is 16.7 Å². The SMILES string of the molecule is CN(C)c1ccc([C@@H]2C(C#N)=C3SCCN3C3=C2C(=O)CC(C)(C)C3)cc1. The van der Waals surface area contributed by atoms with Crippen molar-refractivity contribution in [3.63, 3.8) is 0 Å². The highest BCUT2D eigenvalue weighted by Crippen LogP contribution is 2.53. The van der Waals surface area contributed by atoms with Gasteiger partial charge in [-0.3, -0.25) is 4.79 Å². The van der Waals surface area contributed by atoms with E-state index in [1.165, 1.54) is 0 Å². The zero-order valence-electron chi connectivity index (χ0n) is 16.4. The molecule has 0 aromatic heterocycles. The van der Waals surface area contributed by atoms with Gasteiger partial charge in [-0.1, -0.05) is 26.0 Å². The van der Waals surface area contributed by atoms with Gasteiger partial charge in [0.1, 0.15) is 0 Å². The molecular weight excluding hydrogens is 354 g/mol. The second-order valence-corrected chi connectivity index (χ2v) is 9.63. The first kappa shape index (κ1) is 18.2. The first-order chi connectivity index (χ1) is 12.8. The molecule has 4 nitrogen and oxygen atoms in total. The fraction of sp³-hybridized carbons (Fsp3) is 0.455. The van der Waals surface area contributed by atoms with Crippen molar-refractivity contribution in [1.29, 1.82) is 5.26 Å². The third kappa shape index (κ3) is 2.96. The third-order valence-electron chi connectivity index (χ3n) is 5.69. The number of carbonyl (C=O) groups is 1. The lowest BCUT2D eigenvalue weighted by molar-refractivity contribution is -0.118. The van der Waals surface area contributed by atoms with Crippen molar-refractivity contribution in [2.24, 2.45) is 5.41 Å². The molecular formula is C22H25N3OS. The second kappa shape index (κ2) is 6.45. The van der Waals surface area contributed by atoms with Crippen molar-refractivity contribution < 1.29 is 4.79 Å². The van der Waals surface area contributed by atoms with Crippen LogP contribution in [0.15, 0.2) is 46.1 Å². The zero-order chi connectivity index (χ0) is 19.3. The van der Waals surface area contributed by atoms with Crippen LogP contribution in [0.25, 0.3) is 0 Å². The average molecular weight is 380 g/mol. The fourth-order valence-electron chi connectivity index (χ4n) is 4.44. The first-order valence-corrected chi connectivity index (χ1v) is 10.4. The Morgan fingerprint density at radius 1 is 1.22 bits per heavy atom. The van der Waals surface area contributed by atoms with E-state index in [-0.39, 0.29) is 17.1 Å². The van der Waals surface area contributed by atoms with Crippen LogP contribution >= 0.6 is 11.8 Å².